The number of carboxylic acids is 1. The third-order valence-electron chi connectivity index (χ3n) is 3.81. The van der Waals surface area contributed by atoms with Crippen molar-refractivity contribution in [3.63, 3.8) is 0 Å². The van der Waals surface area contributed by atoms with Crippen LogP contribution in [0.1, 0.15) is 24.8 Å². The molecule has 7 heteroatoms. The third-order valence-corrected chi connectivity index (χ3v) is 4.16. The van der Waals surface area contributed by atoms with Crippen LogP contribution >= 0.6 is 11.6 Å². The second-order valence-corrected chi connectivity index (χ2v) is 5.76. The smallest absolute Gasteiger partial charge is 0.303 e. The Kier molecular flexibility index (Phi) is 5.14. The van der Waals surface area contributed by atoms with Crippen LogP contribution in [0.4, 0.5) is 5.69 Å². The molecule has 0 radical (unpaired) electrons. The second kappa shape index (κ2) is 6.87. The normalized spacial score (nSPS) is 16.8. The predicted octanol–water partition coefficient (Wildman–Crippen LogP) is 2.93. The molecule has 1 N–H and O–H groups in total. The van der Waals surface area contributed by atoms with Gasteiger partial charge in [0.15, 0.2) is 0 Å². The van der Waals surface area contributed by atoms with Crippen LogP contribution < -0.4 is 0 Å². The molecule has 0 amide bonds. The fourth-order valence-corrected chi connectivity index (χ4v) is 2.85. The van der Waals surface area contributed by atoms with Gasteiger partial charge >= 0.3 is 5.97 Å². The molecular formula is C14H17ClN2O4. The summed E-state index contributed by atoms with van der Waals surface area (Å²) >= 11 is 6.08. The topological polar surface area (TPSA) is 83.7 Å². The largest absolute Gasteiger partial charge is 0.481 e. The quantitative estimate of drug-likeness (QED) is 0.667. The van der Waals surface area contributed by atoms with E-state index >= 15 is 0 Å². The number of carboxylic acid groups (broad SMARTS) is 1. The van der Waals surface area contributed by atoms with Crippen molar-refractivity contribution in [3.05, 3.63) is 38.9 Å². The molecule has 1 aliphatic heterocycles. The fourth-order valence-electron chi connectivity index (χ4n) is 2.61. The number of hydrogen-bond donors (Lipinski definition) is 1. The number of non-ortho nitro benzene ring substituents is 1. The Morgan fingerprint density at radius 1 is 1.43 bits per heavy atom. The minimum absolute atomic E-state index is 0.0103. The van der Waals surface area contributed by atoms with Crippen LogP contribution in [0.2, 0.25) is 5.02 Å². The third kappa shape index (κ3) is 4.41. The van der Waals surface area contributed by atoms with E-state index in [1.165, 1.54) is 12.1 Å². The lowest BCUT2D eigenvalue weighted by Gasteiger charge is -2.31. The number of benzene rings is 1. The molecule has 21 heavy (non-hydrogen) atoms. The number of halogens is 1. The molecule has 0 saturated carbocycles. The van der Waals surface area contributed by atoms with Gasteiger partial charge in [-0.05, 0) is 43.5 Å². The molecule has 6 nitrogen and oxygen atoms in total. The summed E-state index contributed by atoms with van der Waals surface area (Å²) < 4.78 is 0. The first kappa shape index (κ1) is 15.7. The lowest BCUT2D eigenvalue weighted by Crippen LogP contribution is -2.34. The molecular weight excluding hydrogens is 296 g/mol. The molecule has 1 aliphatic rings. The van der Waals surface area contributed by atoms with Gasteiger partial charge in [0.2, 0.25) is 0 Å². The van der Waals surface area contributed by atoms with Gasteiger partial charge in [0.05, 0.1) is 9.95 Å². The van der Waals surface area contributed by atoms with Crippen LogP contribution in [0.3, 0.4) is 0 Å². The molecule has 1 aromatic carbocycles. The monoisotopic (exact) mass is 312 g/mol. The Bertz CT molecular complexity index is 542. The minimum atomic E-state index is -0.744. The number of rotatable bonds is 5. The second-order valence-electron chi connectivity index (χ2n) is 5.35. The van der Waals surface area contributed by atoms with E-state index in [9.17, 15) is 14.9 Å². The van der Waals surface area contributed by atoms with E-state index in [4.69, 9.17) is 16.7 Å². The highest BCUT2D eigenvalue weighted by molar-refractivity contribution is 6.31. The first-order valence-corrected chi connectivity index (χ1v) is 7.20. The molecule has 1 heterocycles. The molecule has 1 saturated heterocycles. The van der Waals surface area contributed by atoms with Crippen molar-refractivity contribution in [1.82, 2.24) is 4.90 Å². The zero-order valence-corrected chi connectivity index (χ0v) is 12.3. The van der Waals surface area contributed by atoms with Crippen molar-refractivity contribution >= 4 is 23.3 Å². The molecule has 0 spiro atoms. The van der Waals surface area contributed by atoms with Gasteiger partial charge in [0.1, 0.15) is 0 Å². The van der Waals surface area contributed by atoms with E-state index in [2.05, 4.69) is 4.90 Å². The summed E-state index contributed by atoms with van der Waals surface area (Å²) in [6.45, 7) is 2.28. The number of carbonyl (C=O) groups is 1. The number of nitrogens with zero attached hydrogens (tertiary/aromatic N) is 2. The number of hydrogen-bond acceptors (Lipinski definition) is 4. The van der Waals surface area contributed by atoms with Crippen molar-refractivity contribution in [1.29, 1.82) is 0 Å². The summed E-state index contributed by atoms with van der Waals surface area (Å²) in [6.07, 6.45) is 1.94. The number of nitro groups is 1. The Hall–Kier alpha value is -1.66. The highest BCUT2D eigenvalue weighted by Gasteiger charge is 2.22. The van der Waals surface area contributed by atoms with E-state index in [-0.39, 0.29) is 18.0 Å². The molecule has 0 bridgehead atoms. The van der Waals surface area contributed by atoms with Gasteiger partial charge in [-0.3, -0.25) is 19.8 Å². The van der Waals surface area contributed by atoms with Crippen molar-refractivity contribution in [2.45, 2.75) is 25.8 Å². The Labute approximate surface area is 127 Å². The van der Waals surface area contributed by atoms with Gasteiger partial charge in [0, 0.05) is 25.1 Å². The number of piperidine rings is 1. The molecule has 2 rings (SSSR count). The maximum atomic E-state index is 10.7. The number of nitro benzene ring substituents is 1. The lowest BCUT2D eigenvalue weighted by molar-refractivity contribution is -0.384. The fraction of sp³-hybridized carbons (Fsp3) is 0.500. The molecule has 1 fully saturated rings. The van der Waals surface area contributed by atoms with Crippen molar-refractivity contribution in [2.75, 3.05) is 13.1 Å². The van der Waals surface area contributed by atoms with Crippen LogP contribution in [0.15, 0.2) is 18.2 Å². The summed E-state index contributed by atoms with van der Waals surface area (Å²) in [5.74, 6) is -0.502. The zero-order chi connectivity index (χ0) is 15.4. The maximum Gasteiger partial charge on any atom is 0.303 e. The Morgan fingerprint density at radius 2 is 2.10 bits per heavy atom. The van der Waals surface area contributed by atoms with E-state index in [0.29, 0.717) is 11.6 Å². The van der Waals surface area contributed by atoms with Gasteiger partial charge < -0.3 is 5.11 Å². The van der Waals surface area contributed by atoms with Crippen LogP contribution in [0, 0.1) is 16.0 Å². The average Bonchev–Trinajstić information content (AvgIpc) is 2.42. The highest BCUT2D eigenvalue weighted by atomic mass is 35.5. The Morgan fingerprint density at radius 3 is 2.62 bits per heavy atom. The predicted molar refractivity (Wildman–Crippen MR) is 78.4 cm³/mol. The van der Waals surface area contributed by atoms with Crippen molar-refractivity contribution < 1.29 is 14.8 Å². The van der Waals surface area contributed by atoms with Gasteiger partial charge in [-0.25, -0.2) is 0 Å². The Balaban J connectivity index is 1.91. The van der Waals surface area contributed by atoms with Crippen LogP contribution in [-0.4, -0.2) is 34.0 Å². The van der Waals surface area contributed by atoms with Gasteiger partial charge in [0.25, 0.3) is 5.69 Å². The van der Waals surface area contributed by atoms with Crippen LogP contribution in [-0.2, 0) is 11.3 Å². The summed E-state index contributed by atoms with van der Waals surface area (Å²) in [4.78, 5) is 23.1. The number of aliphatic carboxylic acids is 1. The lowest BCUT2D eigenvalue weighted by atomic mass is 9.93. The standard InChI is InChI=1S/C14H17ClN2O4/c15-13-8-12(17(20)21)2-1-11(13)9-16-5-3-10(4-6-16)7-14(18)19/h1-2,8,10H,3-7,9H2,(H,18,19). The van der Waals surface area contributed by atoms with E-state index < -0.39 is 10.9 Å². The van der Waals surface area contributed by atoms with Crippen LogP contribution in [0.5, 0.6) is 0 Å². The summed E-state index contributed by atoms with van der Waals surface area (Å²) in [7, 11) is 0. The molecule has 0 atom stereocenters. The first-order chi connectivity index (χ1) is 9.95. The average molecular weight is 313 g/mol. The molecule has 114 valence electrons. The van der Waals surface area contributed by atoms with Gasteiger partial charge in [-0.2, -0.15) is 0 Å². The first-order valence-electron chi connectivity index (χ1n) is 6.82. The zero-order valence-electron chi connectivity index (χ0n) is 11.5. The van der Waals surface area contributed by atoms with E-state index in [1.54, 1.807) is 6.07 Å². The summed E-state index contributed by atoms with van der Waals surface area (Å²) in [5.41, 5.74) is 0.850. The van der Waals surface area contributed by atoms with E-state index in [0.717, 1.165) is 31.5 Å². The van der Waals surface area contributed by atoms with Crippen molar-refractivity contribution in [3.8, 4) is 0 Å². The minimum Gasteiger partial charge on any atom is -0.481 e. The van der Waals surface area contributed by atoms with E-state index in [1.807, 2.05) is 0 Å². The van der Waals surface area contributed by atoms with Crippen LogP contribution in [0.25, 0.3) is 0 Å². The van der Waals surface area contributed by atoms with Gasteiger partial charge in [-0.1, -0.05) is 11.6 Å². The highest BCUT2D eigenvalue weighted by Crippen LogP contribution is 2.26. The maximum absolute atomic E-state index is 10.7. The van der Waals surface area contributed by atoms with Crippen molar-refractivity contribution in [2.24, 2.45) is 5.92 Å². The summed E-state index contributed by atoms with van der Waals surface area (Å²) in [5, 5.41) is 19.9. The molecule has 0 aromatic heterocycles. The molecule has 1 aromatic rings. The number of likely N-dealkylation sites (tertiary alicyclic amines) is 1. The van der Waals surface area contributed by atoms with Gasteiger partial charge in [-0.15, -0.1) is 0 Å². The summed E-state index contributed by atoms with van der Waals surface area (Å²) in [6, 6.07) is 4.51. The molecule has 0 aliphatic carbocycles. The SMILES string of the molecule is O=C(O)CC1CCN(Cc2ccc([N+](=O)[O-])cc2Cl)CC1. The molecule has 0 unspecified atom stereocenters.